The standard InChI is InChI=1S/C18H31N5O6/c1-4-9(2)14(16(26)21-10(3)18(28)29)22-15(25)12-6-5-7-23(12)17(27)11(19)8-13(20)24/h9-12,14H,4-8,19H2,1-3H3,(H2,20,24)(H,21,26)(H,22,25)(H,28,29). The van der Waals surface area contributed by atoms with E-state index in [1.165, 1.54) is 11.8 Å². The van der Waals surface area contributed by atoms with Gasteiger partial charge in [-0.05, 0) is 25.7 Å². The maximum atomic E-state index is 12.8. The molecule has 1 heterocycles. The number of hydrogen-bond acceptors (Lipinski definition) is 6. The molecule has 7 N–H and O–H groups in total. The molecule has 0 saturated carbocycles. The van der Waals surface area contributed by atoms with E-state index in [1.54, 1.807) is 6.92 Å². The minimum Gasteiger partial charge on any atom is -0.480 e. The van der Waals surface area contributed by atoms with E-state index < -0.39 is 53.8 Å². The van der Waals surface area contributed by atoms with Gasteiger partial charge in [0.25, 0.3) is 0 Å². The van der Waals surface area contributed by atoms with Crippen LogP contribution in [0.1, 0.15) is 46.5 Å². The Kier molecular flexibility index (Phi) is 9.02. The zero-order valence-electron chi connectivity index (χ0n) is 17.0. The molecule has 0 radical (unpaired) electrons. The van der Waals surface area contributed by atoms with Gasteiger partial charge in [-0.1, -0.05) is 20.3 Å². The third-order valence-corrected chi connectivity index (χ3v) is 5.10. The van der Waals surface area contributed by atoms with E-state index >= 15 is 0 Å². The van der Waals surface area contributed by atoms with Crippen molar-refractivity contribution in [1.29, 1.82) is 0 Å². The molecule has 0 spiro atoms. The van der Waals surface area contributed by atoms with Gasteiger partial charge in [0.15, 0.2) is 0 Å². The molecule has 5 atom stereocenters. The Morgan fingerprint density at radius 2 is 1.79 bits per heavy atom. The Morgan fingerprint density at radius 1 is 1.17 bits per heavy atom. The normalized spacial score (nSPS) is 20.3. The van der Waals surface area contributed by atoms with Crippen LogP contribution < -0.4 is 22.1 Å². The zero-order chi connectivity index (χ0) is 22.3. The molecule has 1 fully saturated rings. The molecular weight excluding hydrogens is 382 g/mol. The van der Waals surface area contributed by atoms with E-state index in [0.29, 0.717) is 25.8 Å². The smallest absolute Gasteiger partial charge is 0.325 e. The molecule has 0 aliphatic carbocycles. The monoisotopic (exact) mass is 413 g/mol. The maximum absolute atomic E-state index is 12.8. The number of nitrogens with two attached hydrogens (primary N) is 2. The van der Waals surface area contributed by atoms with Crippen molar-refractivity contribution in [1.82, 2.24) is 15.5 Å². The summed E-state index contributed by atoms with van der Waals surface area (Å²) < 4.78 is 0. The minimum absolute atomic E-state index is 0.261. The predicted molar refractivity (Wildman–Crippen MR) is 103 cm³/mol. The topological polar surface area (TPSA) is 185 Å². The summed E-state index contributed by atoms with van der Waals surface area (Å²) in [4.78, 5) is 61.1. The minimum atomic E-state index is -1.19. The van der Waals surface area contributed by atoms with Crippen LogP contribution in [0.4, 0.5) is 0 Å². The second-order valence-electron chi connectivity index (χ2n) is 7.41. The first-order chi connectivity index (χ1) is 13.5. The number of primary amides is 1. The van der Waals surface area contributed by atoms with E-state index in [1.807, 2.05) is 6.92 Å². The quantitative estimate of drug-likeness (QED) is 0.282. The number of carboxylic acid groups (broad SMARTS) is 1. The Bertz CT molecular complexity index is 655. The average Bonchev–Trinajstić information content (AvgIpc) is 3.13. The van der Waals surface area contributed by atoms with Crippen molar-refractivity contribution in [3.05, 3.63) is 0 Å². The van der Waals surface area contributed by atoms with Gasteiger partial charge < -0.3 is 32.1 Å². The number of carbonyl (C=O) groups is 5. The van der Waals surface area contributed by atoms with Gasteiger partial charge in [0.1, 0.15) is 18.1 Å². The van der Waals surface area contributed by atoms with Crippen molar-refractivity contribution in [3.63, 3.8) is 0 Å². The van der Waals surface area contributed by atoms with Crippen molar-refractivity contribution in [3.8, 4) is 0 Å². The number of carboxylic acids is 1. The molecule has 29 heavy (non-hydrogen) atoms. The van der Waals surface area contributed by atoms with Crippen LogP contribution in [0, 0.1) is 5.92 Å². The first kappa shape index (κ1) is 24.3. The molecule has 0 aromatic carbocycles. The number of nitrogens with one attached hydrogen (secondary N) is 2. The maximum Gasteiger partial charge on any atom is 0.325 e. The van der Waals surface area contributed by atoms with Crippen molar-refractivity contribution < 1.29 is 29.1 Å². The number of nitrogens with zero attached hydrogens (tertiary/aromatic N) is 1. The molecule has 1 saturated heterocycles. The highest BCUT2D eigenvalue weighted by Crippen LogP contribution is 2.20. The summed E-state index contributed by atoms with van der Waals surface area (Å²) in [7, 11) is 0. The summed E-state index contributed by atoms with van der Waals surface area (Å²) in [5.74, 6) is -3.85. The molecule has 11 nitrogen and oxygen atoms in total. The van der Waals surface area contributed by atoms with Gasteiger partial charge in [0, 0.05) is 6.54 Å². The fourth-order valence-corrected chi connectivity index (χ4v) is 3.14. The van der Waals surface area contributed by atoms with Crippen molar-refractivity contribution >= 4 is 29.6 Å². The fraction of sp³-hybridized carbons (Fsp3) is 0.722. The summed E-state index contributed by atoms with van der Waals surface area (Å²) in [6, 6.07) is -4.02. The molecule has 164 valence electrons. The lowest BCUT2D eigenvalue weighted by molar-refractivity contribution is -0.143. The highest BCUT2D eigenvalue weighted by molar-refractivity contribution is 5.95. The summed E-state index contributed by atoms with van der Waals surface area (Å²) in [5.41, 5.74) is 10.8. The van der Waals surface area contributed by atoms with Crippen LogP contribution in [0.5, 0.6) is 0 Å². The van der Waals surface area contributed by atoms with Gasteiger partial charge in [0.2, 0.25) is 23.6 Å². The Morgan fingerprint density at radius 3 is 2.31 bits per heavy atom. The average molecular weight is 413 g/mol. The summed E-state index contributed by atoms with van der Waals surface area (Å²) in [5, 5.41) is 14.0. The van der Waals surface area contributed by atoms with Crippen molar-refractivity contribution in [2.24, 2.45) is 17.4 Å². The third-order valence-electron chi connectivity index (χ3n) is 5.10. The lowest BCUT2D eigenvalue weighted by Gasteiger charge is -2.30. The number of aliphatic carboxylic acids is 1. The van der Waals surface area contributed by atoms with Crippen molar-refractivity contribution in [2.45, 2.75) is 70.6 Å². The number of rotatable bonds is 10. The van der Waals surface area contributed by atoms with Crippen LogP contribution in [0.3, 0.4) is 0 Å². The molecule has 5 unspecified atom stereocenters. The number of hydrogen-bond donors (Lipinski definition) is 5. The van der Waals surface area contributed by atoms with E-state index in [-0.39, 0.29) is 12.3 Å². The van der Waals surface area contributed by atoms with Gasteiger partial charge in [0.05, 0.1) is 12.5 Å². The van der Waals surface area contributed by atoms with E-state index in [2.05, 4.69) is 10.6 Å². The highest BCUT2D eigenvalue weighted by atomic mass is 16.4. The lowest BCUT2D eigenvalue weighted by atomic mass is 9.97. The van der Waals surface area contributed by atoms with Crippen LogP contribution in [0.2, 0.25) is 0 Å². The Hall–Kier alpha value is -2.69. The first-order valence-corrected chi connectivity index (χ1v) is 9.67. The van der Waals surface area contributed by atoms with Crippen LogP contribution in [0.15, 0.2) is 0 Å². The Balaban J connectivity index is 2.89. The number of amides is 4. The third kappa shape index (κ3) is 6.70. The lowest BCUT2D eigenvalue weighted by Crippen LogP contribution is -2.58. The van der Waals surface area contributed by atoms with Crippen LogP contribution >= 0.6 is 0 Å². The zero-order valence-corrected chi connectivity index (χ0v) is 17.0. The van der Waals surface area contributed by atoms with Crippen LogP contribution in [-0.2, 0) is 24.0 Å². The van der Waals surface area contributed by atoms with E-state index in [9.17, 15) is 24.0 Å². The molecule has 1 aliphatic rings. The summed E-state index contributed by atoms with van der Waals surface area (Å²) in [6.07, 6.45) is 1.20. The van der Waals surface area contributed by atoms with Gasteiger partial charge in [-0.2, -0.15) is 0 Å². The van der Waals surface area contributed by atoms with Gasteiger partial charge >= 0.3 is 5.97 Å². The van der Waals surface area contributed by atoms with Crippen LogP contribution in [-0.4, -0.2) is 70.3 Å². The predicted octanol–water partition coefficient (Wildman–Crippen LogP) is -1.70. The van der Waals surface area contributed by atoms with E-state index in [4.69, 9.17) is 16.6 Å². The first-order valence-electron chi connectivity index (χ1n) is 9.67. The highest BCUT2D eigenvalue weighted by Gasteiger charge is 2.38. The Labute approximate surface area is 169 Å². The largest absolute Gasteiger partial charge is 0.480 e. The summed E-state index contributed by atoms with van der Waals surface area (Å²) >= 11 is 0. The second kappa shape index (κ2) is 10.7. The SMILES string of the molecule is CCC(C)C(NC(=O)C1CCCN1C(=O)C(N)CC(N)=O)C(=O)NC(C)C(=O)O. The second-order valence-corrected chi connectivity index (χ2v) is 7.41. The van der Waals surface area contributed by atoms with Gasteiger partial charge in [-0.3, -0.25) is 24.0 Å². The van der Waals surface area contributed by atoms with Gasteiger partial charge in [-0.15, -0.1) is 0 Å². The van der Waals surface area contributed by atoms with Crippen LogP contribution in [0.25, 0.3) is 0 Å². The molecule has 1 aliphatic heterocycles. The fourth-order valence-electron chi connectivity index (χ4n) is 3.14. The van der Waals surface area contributed by atoms with E-state index in [0.717, 1.165) is 0 Å². The van der Waals surface area contributed by atoms with Crippen molar-refractivity contribution in [2.75, 3.05) is 6.54 Å². The molecule has 0 bridgehead atoms. The number of likely N-dealkylation sites (tertiary alicyclic amines) is 1. The number of carbonyl (C=O) groups excluding carboxylic acids is 4. The van der Waals surface area contributed by atoms with Gasteiger partial charge in [-0.25, -0.2) is 0 Å². The molecule has 1 rings (SSSR count). The summed E-state index contributed by atoms with van der Waals surface area (Å²) in [6.45, 7) is 5.23. The molecule has 4 amide bonds. The molecule has 0 aromatic heterocycles. The molecule has 0 aromatic rings. The molecule has 11 heteroatoms. The molecular formula is C18H31N5O6.